The molecule has 1 atom stereocenters. The molecular formula is C19H14ClF2N3O2. The van der Waals surface area contributed by atoms with Crippen LogP contribution >= 0.6 is 11.6 Å². The molecule has 1 amide bonds. The van der Waals surface area contributed by atoms with Crippen molar-refractivity contribution in [3.05, 3.63) is 70.6 Å². The molecule has 5 nitrogen and oxygen atoms in total. The molecule has 138 valence electrons. The number of aromatic nitrogens is 2. The number of halogens is 3. The monoisotopic (exact) mass is 389 g/mol. The van der Waals surface area contributed by atoms with Crippen molar-refractivity contribution in [2.24, 2.45) is 0 Å². The molecule has 3 aromatic rings. The van der Waals surface area contributed by atoms with Gasteiger partial charge in [-0.05, 0) is 42.3 Å². The van der Waals surface area contributed by atoms with Gasteiger partial charge in [0.25, 0.3) is 0 Å². The molecule has 0 bridgehead atoms. The topological polar surface area (TPSA) is 59.2 Å². The summed E-state index contributed by atoms with van der Waals surface area (Å²) in [6.45, 7) is 0.323. The second kappa shape index (κ2) is 7.08. The number of hydrogen-bond donors (Lipinski definition) is 0. The molecule has 1 saturated heterocycles. The molecule has 1 aliphatic rings. The van der Waals surface area contributed by atoms with Gasteiger partial charge in [0.2, 0.25) is 17.6 Å². The lowest BCUT2D eigenvalue weighted by atomic mass is 10.1. The largest absolute Gasteiger partial charge is 0.337 e. The first kappa shape index (κ1) is 17.6. The van der Waals surface area contributed by atoms with Crippen molar-refractivity contribution in [2.45, 2.75) is 25.4 Å². The lowest BCUT2D eigenvalue weighted by Crippen LogP contribution is -2.27. The van der Waals surface area contributed by atoms with Crippen LogP contribution < -0.4 is 0 Å². The van der Waals surface area contributed by atoms with Crippen LogP contribution in [0.3, 0.4) is 0 Å². The van der Waals surface area contributed by atoms with Crippen LogP contribution in [-0.4, -0.2) is 20.9 Å². The zero-order chi connectivity index (χ0) is 19.0. The third kappa shape index (κ3) is 3.55. The zero-order valence-electron chi connectivity index (χ0n) is 14.0. The highest BCUT2D eigenvalue weighted by molar-refractivity contribution is 6.31. The summed E-state index contributed by atoms with van der Waals surface area (Å²) >= 11 is 5.80. The minimum atomic E-state index is -0.531. The average Bonchev–Trinajstić information content (AvgIpc) is 3.27. The van der Waals surface area contributed by atoms with Crippen molar-refractivity contribution in [3.8, 4) is 11.4 Å². The summed E-state index contributed by atoms with van der Waals surface area (Å²) < 4.78 is 31.8. The normalized spacial score (nSPS) is 16.9. The highest BCUT2D eigenvalue weighted by Crippen LogP contribution is 2.34. The van der Waals surface area contributed by atoms with Crippen LogP contribution in [0.1, 0.15) is 30.3 Å². The maximum atomic E-state index is 13.3. The summed E-state index contributed by atoms with van der Waals surface area (Å²) in [6.07, 6.45) is 0.914. The van der Waals surface area contributed by atoms with Crippen molar-refractivity contribution in [1.29, 1.82) is 0 Å². The predicted molar refractivity (Wildman–Crippen MR) is 93.6 cm³/mol. The number of carbonyl (C=O) groups is 1. The number of rotatable bonds is 4. The number of hydrogen-bond acceptors (Lipinski definition) is 4. The minimum absolute atomic E-state index is 0.0334. The van der Waals surface area contributed by atoms with Gasteiger partial charge in [-0.3, -0.25) is 4.79 Å². The molecule has 1 aliphatic heterocycles. The fourth-order valence-electron chi connectivity index (χ4n) is 3.10. The van der Waals surface area contributed by atoms with E-state index in [1.165, 1.54) is 30.3 Å². The second-order valence-electron chi connectivity index (χ2n) is 6.29. The quantitative estimate of drug-likeness (QED) is 0.657. The smallest absolute Gasteiger partial charge is 0.249 e. The Bertz CT molecular complexity index is 991. The molecular weight excluding hydrogens is 376 g/mol. The van der Waals surface area contributed by atoms with Crippen molar-refractivity contribution in [2.75, 3.05) is 0 Å². The van der Waals surface area contributed by atoms with Gasteiger partial charge in [-0.1, -0.05) is 28.9 Å². The van der Waals surface area contributed by atoms with Gasteiger partial charge < -0.3 is 9.42 Å². The van der Waals surface area contributed by atoms with Crippen molar-refractivity contribution >= 4 is 17.5 Å². The third-order valence-electron chi connectivity index (χ3n) is 4.50. The first-order chi connectivity index (χ1) is 13.0. The lowest BCUT2D eigenvalue weighted by Gasteiger charge is -2.22. The van der Waals surface area contributed by atoms with E-state index in [4.69, 9.17) is 16.1 Å². The van der Waals surface area contributed by atoms with Gasteiger partial charge in [-0.25, -0.2) is 8.78 Å². The van der Waals surface area contributed by atoms with E-state index in [9.17, 15) is 13.6 Å². The molecule has 2 aromatic carbocycles. The number of nitrogens with zero attached hydrogens (tertiary/aromatic N) is 3. The maximum Gasteiger partial charge on any atom is 0.249 e. The van der Waals surface area contributed by atoms with Crippen molar-refractivity contribution in [1.82, 2.24) is 15.0 Å². The molecule has 4 rings (SSSR count). The Morgan fingerprint density at radius 1 is 1.19 bits per heavy atom. The fourth-order valence-corrected chi connectivity index (χ4v) is 3.28. The van der Waals surface area contributed by atoms with Crippen LogP contribution in [0.2, 0.25) is 5.02 Å². The summed E-state index contributed by atoms with van der Waals surface area (Å²) in [6, 6.07) is 9.78. The fraction of sp³-hybridized carbons (Fsp3) is 0.211. The molecule has 0 N–H and O–H groups in total. The highest BCUT2D eigenvalue weighted by atomic mass is 35.5. The Kier molecular flexibility index (Phi) is 4.61. The van der Waals surface area contributed by atoms with Crippen LogP contribution in [0, 0.1) is 11.6 Å². The molecule has 1 unspecified atom stereocenters. The Labute approximate surface area is 158 Å². The molecule has 0 aliphatic carbocycles. The van der Waals surface area contributed by atoms with Gasteiger partial charge >= 0.3 is 0 Å². The minimum Gasteiger partial charge on any atom is -0.337 e. The summed E-state index contributed by atoms with van der Waals surface area (Å²) in [5.74, 6) is -0.321. The average molecular weight is 390 g/mol. The van der Waals surface area contributed by atoms with E-state index in [1.807, 2.05) is 0 Å². The Morgan fingerprint density at radius 3 is 2.70 bits per heavy atom. The van der Waals surface area contributed by atoms with Gasteiger partial charge in [0.05, 0.1) is 5.02 Å². The van der Waals surface area contributed by atoms with E-state index < -0.39 is 5.82 Å². The van der Waals surface area contributed by atoms with E-state index in [-0.39, 0.29) is 28.6 Å². The molecule has 1 fully saturated rings. The number of amides is 1. The Morgan fingerprint density at radius 2 is 1.96 bits per heavy atom. The molecule has 0 spiro atoms. The lowest BCUT2D eigenvalue weighted by molar-refractivity contribution is -0.129. The molecule has 8 heteroatoms. The highest BCUT2D eigenvalue weighted by Gasteiger charge is 2.36. The summed E-state index contributed by atoms with van der Waals surface area (Å²) in [5, 5.41) is 3.89. The standard InChI is InChI=1S/C19H14ClF2N3O2/c20-14-9-12(3-6-15(14)22)18-23-19(27-24-18)16-7-8-17(26)25(16)10-11-1-4-13(21)5-2-11/h1-6,9,16H,7-8,10H2. The SMILES string of the molecule is O=C1CCC(c2nc(-c3ccc(F)c(Cl)c3)no2)N1Cc1ccc(F)cc1. The number of benzene rings is 2. The van der Waals surface area contributed by atoms with Gasteiger partial charge in [0.1, 0.15) is 17.7 Å². The third-order valence-corrected chi connectivity index (χ3v) is 4.79. The predicted octanol–water partition coefficient (Wildman–Crippen LogP) is 4.53. The van der Waals surface area contributed by atoms with E-state index in [0.29, 0.717) is 30.8 Å². The summed E-state index contributed by atoms with van der Waals surface area (Å²) in [7, 11) is 0. The Hall–Kier alpha value is -2.80. The molecule has 27 heavy (non-hydrogen) atoms. The van der Waals surface area contributed by atoms with Gasteiger partial charge in [-0.15, -0.1) is 0 Å². The van der Waals surface area contributed by atoms with E-state index in [1.54, 1.807) is 17.0 Å². The van der Waals surface area contributed by atoms with Crippen LogP contribution in [0.25, 0.3) is 11.4 Å². The first-order valence-corrected chi connectivity index (χ1v) is 8.72. The van der Waals surface area contributed by atoms with Crippen LogP contribution in [-0.2, 0) is 11.3 Å². The second-order valence-corrected chi connectivity index (χ2v) is 6.69. The maximum absolute atomic E-state index is 13.3. The van der Waals surface area contributed by atoms with Crippen LogP contribution in [0.4, 0.5) is 8.78 Å². The molecule has 0 saturated carbocycles. The molecule has 2 heterocycles. The number of carbonyl (C=O) groups excluding carboxylic acids is 1. The first-order valence-electron chi connectivity index (χ1n) is 8.34. The van der Waals surface area contributed by atoms with Crippen LogP contribution in [0.15, 0.2) is 47.0 Å². The van der Waals surface area contributed by atoms with Gasteiger partial charge in [0, 0.05) is 18.5 Å². The van der Waals surface area contributed by atoms with Gasteiger partial charge in [-0.2, -0.15) is 4.98 Å². The molecule has 0 radical (unpaired) electrons. The van der Waals surface area contributed by atoms with Crippen LogP contribution in [0.5, 0.6) is 0 Å². The van der Waals surface area contributed by atoms with Crippen molar-refractivity contribution < 1.29 is 18.1 Å². The van der Waals surface area contributed by atoms with Crippen molar-refractivity contribution in [3.63, 3.8) is 0 Å². The van der Waals surface area contributed by atoms with E-state index in [2.05, 4.69) is 10.1 Å². The zero-order valence-corrected chi connectivity index (χ0v) is 14.8. The van der Waals surface area contributed by atoms with Gasteiger partial charge in [0.15, 0.2) is 0 Å². The summed E-state index contributed by atoms with van der Waals surface area (Å²) in [5.41, 5.74) is 1.33. The Balaban J connectivity index is 1.58. The number of likely N-dealkylation sites (tertiary alicyclic amines) is 1. The molecule has 1 aromatic heterocycles. The summed E-state index contributed by atoms with van der Waals surface area (Å²) in [4.78, 5) is 18.3. The van der Waals surface area contributed by atoms with E-state index in [0.717, 1.165) is 5.56 Å². The van der Waals surface area contributed by atoms with E-state index >= 15 is 0 Å².